The lowest BCUT2D eigenvalue weighted by Crippen LogP contribution is -2.35. The number of hydrogen-bond donors (Lipinski definition) is 1. The molecular weight excluding hydrogens is 281 g/mol. The zero-order valence-electron chi connectivity index (χ0n) is 12.2. The standard InChI is InChI=1S/C14H21F3N4/c1-11(10-21-7-3-2-4-8-21)9-18-13-6-5-12(19-20-13)14(15,16)17/h5-6,11H,2-4,7-10H2,1H3,(H,18,20). The van der Waals surface area contributed by atoms with E-state index in [9.17, 15) is 13.2 Å². The lowest BCUT2D eigenvalue weighted by atomic mass is 10.1. The number of piperidine rings is 1. The van der Waals surface area contributed by atoms with Crippen LogP contribution in [0.1, 0.15) is 31.9 Å². The van der Waals surface area contributed by atoms with Crippen molar-refractivity contribution in [3.63, 3.8) is 0 Å². The van der Waals surface area contributed by atoms with Crippen LogP contribution in [0.15, 0.2) is 12.1 Å². The van der Waals surface area contributed by atoms with Gasteiger partial charge in [0.25, 0.3) is 0 Å². The molecule has 1 fully saturated rings. The highest BCUT2D eigenvalue weighted by molar-refractivity contribution is 5.33. The normalized spacial score (nSPS) is 18.5. The number of halogens is 3. The predicted molar refractivity (Wildman–Crippen MR) is 75.0 cm³/mol. The quantitative estimate of drug-likeness (QED) is 0.907. The molecule has 118 valence electrons. The molecule has 1 aromatic heterocycles. The SMILES string of the molecule is CC(CNc1ccc(C(F)(F)F)nn1)CN1CCCCC1. The second-order valence-electron chi connectivity index (χ2n) is 5.65. The summed E-state index contributed by atoms with van der Waals surface area (Å²) in [5, 5.41) is 9.81. The van der Waals surface area contributed by atoms with Gasteiger partial charge in [-0.15, -0.1) is 10.2 Å². The van der Waals surface area contributed by atoms with Gasteiger partial charge in [0.15, 0.2) is 5.69 Å². The maximum Gasteiger partial charge on any atom is 0.435 e. The summed E-state index contributed by atoms with van der Waals surface area (Å²) in [4.78, 5) is 2.44. The number of hydrogen-bond acceptors (Lipinski definition) is 4. The van der Waals surface area contributed by atoms with Crippen LogP contribution >= 0.6 is 0 Å². The first-order valence-electron chi connectivity index (χ1n) is 7.32. The number of rotatable bonds is 5. The fourth-order valence-corrected chi connectivity index (χ4v) is 2.50. The summed E-state index contributed by atoms with van der Waals surface area (Å²) in [6.45, 7) is 6.09. The Hall–Kier alpha value is -1.37. The zero-order valence-corrected chi connectivity index (χ0v) is 12.2. The minimum atomic E-state index is -4.44. The first-order valence-corrected chi connectivity index (χ1v) is 7.32. The van der Waals surface area contributed by atoms with Gasteiger partial charge in [0.2, 0.25) is 0 Å². The Morgan fingerprint density at radius 3 is 2.48 bits per heavy atom. The Labute approximate surface area is 122 Å². The molecule has 1 unspecified atom stereocenters. The lowest BCUT2D eigenvalue weighted by molar-refractivity contribution is -0.141. The summed E-state index contributed by atoms with van der Waals surface area (Å²) in [6.07, 6.45) is -0.619. The molecule has 21 heavy (non-hydrogen) atoms. The molecule has 0 bridgehead atoms. The van der Waals surface area contributed by atoms with Crippen molar-refractivity contribution in [3.8, 4) is 0 Å². The Morgan fingerprint density at radius 1 is 1.19 bits per heavy atom. The fourth-order valence-electron chi connectivity index (χ4n) is 2.50. The van der Waals surface area contributed by atoms with Crippen molar-refractivity contribution in [1.82, 2.24) is 15.1 Å². The van der Waals surface area contributed by atoms with Crippen LogP contribution in [-0.2, 0) is 6.18 Å². The summed E-state index contributed by atoms with van der Waals surface area (Å²) >= 11 is 0. The predicted octanol–water partition coefficient (Wildman–Crippen LogP) is 3.03. The van der Waals surface area contributed by atoms with E-state index in [4.69, 9.17) is 0 Å². The molecule has 1 N–H and O–H groups in total. The van der Waals surface area contributed by atoms with E-state index in [1.165, 1.54) is 25.3 Å². The van der Waals surface area contributed by atoms with Gasteiger partial charge >= 0.3 is 6.18 Å². The van der Waals surface area contributed by atoms with Crippen LogP contribution in [0.2, 0.25) is 0 Å². The summed E-state index contributed by atoms with van der Waals surface area (Å²) < 4.78 is 37.1. The van der Waals surface area contributed by atoms with Gasteiger partial charge in [-0.05, 0) is 44.0 Å². The van der Waals surface area contributed by atoms with Gasteiger partial charge in [0.05, 0.1) is 0 Å². The van der Waals surface area contributed by atoms with Crippen LogP contribution in [0.3, 0.4) is 0 Å². The van der Waals surface area contributed by atoms with E-state index in [1.807, 2.05) is 0 Å². The van der Waals surface area contributed by atoms with Crippen LogP contribution in [0.4, 0.5) is 19.0 Å². The molecule has 1 aromatic rings. The largest absolute Gasteiger partial charge is 0.435 e. The average molecular weight is 302 g/mol. The van der Waals surface area contributed by atoms with Gasteiger partial charge in [0, 0.05) is 13.1 Å². The lowest BCUT2D eigenvalue weighted by Gasteiger charge is -2.29. The molecule has 0 saturated carbocycles. The second kappa shape index (κ2) is 7.06. The van der Waals surface area contributed by atoms with Crippen LogP contribution in [0.25, 0.3) is 0 Å². The molecule has 0 aliphatic carbocycles. The van der Waals surface area contributed by atoms with Gasteiger partial charge in [-0.25, -0.2) is 0 Å². The third-order valence-electron chi connectivity index (χ3n) is 3.61. The number of anilines is 1. The molecule has 7 heteroatoms. The van der Waals surface area contributed by atoms with Crippen molar-refractivity contribution >= 4 is 5.82 Å². The molecule has 0 amide bonds. The molecule has 1 atom stereocenters. The fraction of sp³-hybridized carbons (Fsp3) is 0.714. The van der Waals surface area contributed by atoms with Crippen molar-refractivity contribution in [2.75, 3.05) is 31.5 Å². The van der Waals surface area contributed by atoms with Gasteiger partial charge in [-0.2, -0.15) is 13.2 Å². The van der Waals surface area contributed by atoms with Crippen LogP contribution in [0, 0.1) is 5.92 Å². The first kappa shape index (κ1) is 16.0. The molecule has 0 spiro atoms. The second-order valence-corrected chi connectivity index (χ2v) is 5.65. The molecule has 1 saturated heterocycles. The van der Waals surface area contributed by atoms with E-state index in [1.54, 1.807) is 0 Å². The third-order valence-corrected chi connectivity index (χ3v) is 3.61. The van der Waals surface area contributed by atoms with Crippen molar-refractivity contribution in [2.45, 2.75) is 32.4 Å². The Bertz CT molecular complexity index is 427. The van der Waals surface area contributed by atoms with E-state index in [-0.39, 0.29) is 0 Å². The monoisotopic (exact) mass is 302 g/mol. The van der Waals surface area contributed by atoms with Gasteiger partial charge in [-0.3, -0.25) is 0 Å². The van der Waals surface area contributed by atoms with E-state index < -0.39 is 11.9 Å². The molecular formula is C14H21F3N4. The highest BCUT2D eigenvalue weighted by Crippen LogP contribution is 2.27. The summed E-state index contributed by atoms with van der Waals surface area (Å²) in [5.74, 6) is 0.792. The summed E-state index contributed by atoms with van der Waals surface area (Å²) in [7, 11) is 0. The Morgan fingerprint density at radius 2 is 1.90 bits per heavy atom. The number of nitrogens with zero attached hydrogens (tertiary/aromatic N) is 3. The minimum Gasteiger partial charge on any atom is -0.368 e. The molecule has 1 aliphatic heterocycles. The maximum absolute atomic E-state index is 12.4. The number of alkyl halides is 3. The molecule has 2 heterocycles. The van der Waals surface area contributed by atoms with Gasteiger partial charge in [0.1, 0.15) is 5.82 Å². The van der Waals surface area contributed by atoms with Crippen molar-refractivity contribution in [2.24, 2.45) is 5.92 Å². The Balaban J connectivity index is 1.76. The van der Waals surface area contributed by atoms with Crippen LogP contribution in [-0.4, -0.2) is 41.3 Å². The van der Waals surface area contributed by atoms with Gasteiger partial charge < -0.3 is 10.2 Å². The topological polar surface area (TPSA) is 41.1 Å². The number of likely N-dealkylation sites (tertiary alicyclic amines) is 1. The van der Waals surface area contributed by atoms with E-state index in [0.717, 1.165) is 25.7 Å². The summed E-state index contributed by atoms with van der Waals surface area (Å²) in [6, 6.07) is 2.27. The third kappa shape index (κ3) is 5.15. The van der Waals surface area contributed by atoms with Crippen molar-refractivity contribution in [1.29, 1.82) is 0 Å². The van der Waals surface area contributed by atoms with Crippen molar-refractivity contribution in [3.05, 3.63) is 17.8 Å². The summed E-state index contributed by atoms with van der Waals surface area (Å²) in [5.41, 5.74) is -0.964. The molecule has 0 radical (unpaired) electrons. The molecule has 2 rings (SSSR count). The molecule has 0 aromatic carbocycles. The zero-order chi connectivity index (χ0) is 15.3. The van der Waals surface area contributed by atoms with Gasteiger partial charge in [-0.1, -0.05) is 13.3 Å². The highest BCUT2D eigenvalue weighted by Gasteiger charge is 2.32. The maximum atomic E-state index is 12.4. The first-order chi connectivity index (χ1) is 9.95. The van der Waals surface area contributed by atoms with E-state index in [2.05, 4.69) is 27.3 Å². The van der Waals surface area contributed by atoms with Crippen molar-refractivity contribution < 1.29 is 13.2 Å². The highest BCUT2D eigenvalue weighted by atomic mass is 19.4. The van der Waals surface area contributed by atoms with Crippen LogP contribution in [0.5, 0.6) is 0 Å². The van der Waals surface area contributed by atoms with E-state index in [0.29, 0.717) is 18.3 Å². The Kier molecular flexibility index (Phi) is 5.39. The molecule has 1 aliphatic rings. The van der Waals surface area contributed by atoms with Crippen LogP contribution < -0.4 is 5.32 Å². The number of nitrogens with one attached hydrogen (secondary N) is 1. The molecule has 4 nitrogen and oxygen atoms in total. The smallest absolute Gasteiger partial charge is 0.368 e. The van der Waals surface area contributed by atoms with E-state index >= 15 is 0 Å². The number of aromatic nitrogens is 2. The average Bonchev–Trinajstić information content (AvgIpc) is 2.46. The minimum absolute atomic E-state index is 0.383.